The molecule has 0 atom stereocenters. The Morgan fingerprint density at radius 2 is 2.05 bits per heavy atom. The molecule has 3 rings (SSSR count). The average molecular weight is 283 g/mol. The molecule has 0 spiro atoms. The quantitative estimate of drug-likeness (QED) is 0.743. The van der Waals surface area contributed by atoms with Crippen LogP contribution in [0.4, 0.5) is 5.95 Å². The van der Waals surface area contributed by atoms with E-state index < -0.39 is 5.91 Å². The minimum Gasteiger partial charge on any atom is -0.458 e. The van der Waals surface area contributed by atoms with Gasteiger partial charge in [-0.2, -0.15) is 0 Å². The number of hydrogen-bond donors (Lipinski definition) is 2. The van der Waals surface area contributed by atoms with Gasteiger partial charge in [0.05, 0.1) is 5.56 Å². The summed E-state index contributed by atoms with van der Waals surface area (Å²) in [5, 5.41) is 14.9. The lowest BCUT2D eigenvalue weighted by atomic mass is 10.1. The second-order valence-corrected chi connectivity index (χ2v) is 4.09. The van der Waals surface area contributed by atoms with Gasteiger partial charge in [-0.15, -0.1) is 0 Å². The molecule has 3 aromatic rings. The van der Waals surface area contributed by atoms with Gasteiger partial charge in [-0.05, 0) is 16.0 Å². The summed E-state index contributed by atoms with van der Waals surface area (Å²) in [6, 6.07) is 10.2. The van der Waals surface area contributed by atoms with Crippen LogP contribution in [0.5, 0.6) is 0 Å². The van der Waals surface area contributed by atoms with E-state index in [9.17, 15) is 9.59 Å². The highest BCUT2D eigenvalue weighted by Gasteiger charge is 2.13. The first-order valence-electron chi connectivity index (χ1n) is 5.97. The molecule has 0 unspecified atom stereocenters. The Bertz CT molecular complexity index is 811. The predicted molar refractivity (Wildman–Crippen MR) is 72.5 cm³/mol. The van der Waals surface area contributed by atoms with Crippen LogP contribution in [0.15, 0.2) is 51.9 Å². The molecule has 1 amide bonds. The van der Waals surface area contributed by atoms with Crippen LogP contribution in [-0.4, -0.2) is 26.5 Å². The van der Waals surface area contributed by atoms with Gasteiger partial charge >= 0.3 is 0 Å². The van der Waals surface area contributed by atoms with Crippen molar-refractivity contribution in [2.75, 3.05) is 5.32 Å². The van der Waals surface area contributed by atoms with Gasteiger partial charge in [0.1, 0.15) is 6.26 Å². The van der Waals surface area contributed by atoms with Gasteiger partial charge in [-0.1, -0.05) is 35.4 Å². The number of nitrogens with one attached hydrogen (secondary N) is 2. The molecule has 8 nitrogen and oxygen atoms in total. The zero-order valence-corrected chi connectivity index (χ0v) is 10.6. The Morgan fingerprint density at radius 1 is 1.24 bits per heavy atom. The first-order valence-corrected chi connectivity index (χ1v) is 5.97. The van der Waals surface area contributed by atoms with Crippen molar-refractivity contribution >= 4 is 11.9 Å². The number of hydrogen-bond acceptors (Lipinski definition) is 6. The summed E-state index contributed by atoms with van der Waals surface area (Å²) < 4.78 is 5.21. The van der Waals surface area contributed by atoms with E-state index in [-0.39, 0.29) is 17.1 Å². The number of tetrazole rings is 1. The largest absolute Gasteiger partial charge is 0.458 e. The Morgan fingerprint density at radius 3 is 2.71 bits per heavy atom. The zero-order chi connectivity index (χ0) is 14.7. The number of nitrogens with zero attached hydrogens (tertiary/aromatic N) is 3. The molecule has 104 valence electrons. The molecule has 0 radical (unpaired) electrons. The highest BCUT2D eigenvalue weighted by molar-refractivity contribution is 6.01. The minimum absolute atomic E-state index is 0.0646. The fourth-order valence-corrected chi connectivity index (χ4v) is 1.74. The SMILES string of the molecule is O=C(Nc1nnn[nH]1)c1cc(=O)c(-c2ccccc2)co1. The maximum absolute atomic E-state index is 12.1. The molecule has 0 aliphatic rings. The number of amides is 1. The molecule has 0 saturated heterocycles. The van der Waals surface area contributed by atoms with E-state index in [1.165, 1.54) is 6.26 Å². The van der Waals surface area contributed by atoms with E-state index in [1.807, 2.05) is 18.2 Å². The van der Waals surface area contributed by atoms with Gasteiger partial charge in [0.25, 0.3) is 5.91 Å². The van der Waals surface area contributed by atoms with Gasteiger partial charge in [0.15, 0.2) is 11.2 Å². The molecule has 2 heterocycles. The maximum Gasteiger partial charge on any atom is 0.293 e. The zero-order valence-electron chi connectivity index (χ0n) is 10.6. The van der Waals surface area contributed by atoms with E-state index in [1.54, 1.807) is 12.1 Å². The van der Waals surface area contributed by atoms with E-state index in [0.717, 1.165) is 11.6 Å². The van der Waals surface area contributed by atoms with Crippen LogP contribution in [0.2, 0.25) is 0 Å². The molecular weight excluding hydrogens is 274 g/mol. The summed E-state index contributed by atoms with van der Waals surface area (Å²) in [7, 11) is 0. The third kappa shape index (κ3) is 2.68. The summed E-state index contributed by atoms with van der Waals surface area (Å²) in [4.78, 5) is 23.9. The molecule has 0 saturated carbocycles. The molecule has 1 aromatic carbocycles. The lowest BCUT2D eigenvalue weighted by Crippen LogP contribution is -2.16. The van der Waals surface area contributed by atoms with Crippen LogP contribution >= 0.6 is 0 Å². The van der Waals surface area contributed by atoms with E-state index in [2.05, 4.69) is 25.9 Å². The third-order valence-corrected chi connectivity index (χ3v) is 2.72. The Balaban J connectivity index is 1.88. The number of rotatable bonds is 3. The maximum atomic E-state index is 12.1. The topological polar surface area (TPSA) is 114 Å². The summed E-state index contributed by atoms with van der Waals surface area (Å²) in [6.07, 6.45) is 1.26. The van der Waals surface area contributed by atoms with E-state index in [0.29, 0.717) is 5.56 Å². The van der Waals surface area contributed by atoms with Gasteiger partial charge < -0.3 is 4.42 Å². The van der Waals surface area contributed by atoms with Crippen molar-refractivity contribution in [1.82, 2.24) is 20.6 Å². The van der Waals surface area contributed by atoms with Gasteiger partial charge in [-0.3, -0.25) is 14.9 Å². The van der Waals surface area contributed by atoms with E-state index in [4.69, 9.17) is 4.42 Å². The van der Waals surface area contributed by atoms with Crippen molar-refractivity contribution in [2.45, 2.75) is 0 Å². The molecular formula is C13H9N5O3. The summed E-state index contributed by atoms with van der Waals surface area (Å²) >= 11 is 0. The molecule has 21 heavy (non-hydrogen) atoms. The predicted octanol–water partition coefficient (Wildman–Crippen LogP) is 1.07. The van der Waals surface area contributed by atoms with Crippen LogP contribution in [0.25, 0.3) is 11.1 Å². The van der Waals surface area contributed by atoms with Crippen LogP contribution in [0.1, 0.15) is 10.6 Å². The molecule has 0 aliphatic heterocycles. The first-order chi connectivity index (χ1) is 10.2. The number of aromatic nitrogens is 4. The van der Waals surface area contributed by atoms with E-state index >= 15 is 0 Å². The van der Waals surface area contributed by atoms with Crippen LogP contribution in [-0.2, 0) is 0 Å². The molecule has 2 aromatic heterocycles. The molecule has 0 aliphatic carbocycles. The highest BCUT2D eigenvalue weighted by Crippen LogP contribution is 2.15. The highest BCUT2D eigenvalue weighted by atomic mass is 16.3. The lowest BCUT2D eigenvalue weighted by Gasteiger charge is -2.02. The number of benzene rings is 1. The smallest absolute Gasteiger partial charge is 0.293 e. The lowest BCUT2D eigenvalue weighted by molar-refractivity contribution is 0.0993. The summed E-state index contributed by atoms with van der Waals surface area (Å²) in [5.74, 6) is -0.684. The first kappa shape index (κ1) is 12.7. The Labute approximate surface area is 117 Å². The minimum atomic E-state index is -0.620. The van der Waals surface area contributed by atoms with Crippen molar-refractivity contribution in [3.63, 3.8) is 0 Å². The Kier molecular flexibility index (Phi) is 3.26. The second-order valence-electron chi connectivity index (χ2n) is 4.09. The number of carbonyl (C=O) groups is 1. The fourth-order valence-electron chi connectivity index (χ4n) is 1.74. The third-order valence-electron chi connectivity index (χ3n) is 2.72. The fraction of sp³-hybridized carbons (Fsp3) is 0. The molecule has 0 bridgehead atoms. The van der Waals surface area contributed by atoms with Crippen LogP contribution in [0, 0.1) is 0 Å². The number of carbonyl (C=O) groups excluding carboxylic acids is 1. The molecule has 8 heteroatoms. The monoisotopic (exact) mass is 283 g/mol. The number of aromatic amines is 1. The normalized spacial score (nSPS) is 10.3. The second kappa shape index (κ2) is 5.37. The standard InChI is InChI=1S/C13H9N5O3/c19-10-6-11(12(20)14-13-15-17-18-16-13)21-7-9(10)8-4-2-1-3-5-8/h1-7H,(H2,14,15,16,17,18,20). The van der Waals surface area contributed by atoms with Crippen molar-refractivity contribution in [3.8, 4) is 11.1 Å². The van der Waals surface area contributed by atoms with Crippen molar-refractivity contribution < 1.29 is 9.21 Å². The van der Waals surface area contributed by atoms with Crippen molar-refractivity contribution in [1.29, 1.82) is 0 Å². The number of H-pyrrole nitrogens is 1. The molecule has 0 fully saturated rings. The summed E-state index contributed by atoms with van der Waals surface area (Å²) in [5.41, 5.74) is 0.791. The summed E-state index contributed by atoms with van der Waals surface area (Å²) in [6.45, 7) is 0. The van der Waals surface area contributed by atoms with Crippen LogP contribution < -0.4 is 10.7 Å². The average Bonchev–Trinajstić information content (AvgIpc) is 3.01. The number of anilines is 1. The van der Waals surface area contributed by atoms with Gasteiger partial charge in [-0.25, -0.2) is 5.10 Å². The Hall–Kier alpha value is -3.29. The van der Waals surface area contributed by atoms with Crippen molar-refractivity contribution in [3.05, 3.63) is 58.6 Å². The van der Waals surface area contributed by atoms with Gasteiger partial charge in [0.2, 0.25) is 5.95 Å². The van der Waals surface area contributed by atoms with Crippen molar-refractivity contribution in [2.24, 2.45) is 0 Å². The molecule has 2 N–H and O–H groups in total. The van der Waals surface area contributed by atoms with Gasteiger partial charge in [0, 0.05) is 6.07 Å². The van der Waals surface area contributed by atoms with Crippen LogP contribution in [0.3, 0.4) is 0 Å².